The van der Waals surface area contributed by atoms with Gasteiger partial charge in [0.2, 0.25) is 0 Å². The molecule has 0 radical (unpaired) electrons. The lowest BCUT2D eigenvalue weighted by Gasteiger charge is -2.18. The Balaban J connectivity index is 1.54. The van der Waals surface area contributed by atoms with E-state index < -0.39 is 0 Å². The minimum Gasteiger partial charge on any atom is -0.489 e. The molecule has 0 fully saturated rings. The number of anilines is 2. The van der Waals surface area contributed by atoms with Gasteiger partial charge in [-0.25, -0.2) is 9.37 Å². The van der Waals surface area contributed by atoms with Gasteiger partial charge in [0, 0.05) is 10.9 Å². The zero-order chi connectivity index (χ0) is 23.2. The van der Waals surface area contributed by atoms with Crippen molar-refractivity contribution in [2.45, 2.75) is 6.61 Å². The number of halogens is 1. The van der Waals surface area contributed by atoms with Crippen LogP contribution < -0.4 is 9.64 Å². The van der Waals surface area contributed by atoms with Gasteiger partial charge in [-0.3, -0.25) is 9.69 Å². The largest absolute Gasteiger partial charge is 0.489 e. The van der Waals surface area contributed by atoms with Gasteiger partial charge in [0.25, 0.3) is 5.91 Å². The van der Waals surface area contributed by atoms with Crippen molar-refractivity contribution in [3.63, 3.8) is 0 Å². The van der Waals surface area contributed by atoms with Crippen LogP contribution in [0, 0.1) is 17.1 Å². The second-order valence-corrected chi connectivity index (χ2v) is 7.83. The predicted octanol–water partition coefficient (Wildman–Crippen LogP) is 6.25. The lowest BCUT2D eigenvalue weighted by Crippen LogP contribution is -2.23. The highest BCUT2D eigenvalue weighted by Crippen LogP contribution is 2.33. The Morgan fingerprint density at radius 3 is 2.58 bits per heavy atom. The Bertz CT molecular complexity index is 1320. The number of ether oxygens (including phenoxy) is 1. The first-order valence-electron chi connectivity index (χ1n) is 9.97. The Morgan fingerprint density at radius 2 is 1.91 bits per heavy atom. The van der Waals surface area contributed by atoms with Crippen LogP contribution in [0.5, 0.6) is 5.75 Å². The van der Waals surface area contributed by atoms with Crippen LogP contribution in [0.3, 0.4) is 0 Å². The second kappa shape index (κ2) is 9.90. The molecule has 3 aromatic carbocycles. The lowest BCUT2D eigenvalue weighted by atomic mass is 10.1. The normalized spacial score (nSPS) is 10.3. The van der Waals surface area contributed by atoms with Gasteiger partial charge in [0.05, 0.1) is 23.0 Å². The molecule has 5 nitrogen and oxygen atoms in total. The number of hydrogen-bond donors (Lipinski definition) is 0. The van der Waals surface area contributed by atoms with Gasteiger partial charge in [0.15, 0.2) is 5.13 Å². The van der Waals surface area contributed by atoms with Gasteiger partial charge >= 0.3 is 0 Å². The summed E-state index contributed by atoms with van der Waals surface area (Å²) in [4.78, 5) is 18.7. The van der Waals surface area contributed by atoms with E-state index in [0.717, 1.165) is 11.1 Å². The number of benzene rings is 3. The zero-order valence-corrected chi connectivity index (χ0v) is 18.3. The number of carbonyl (C=O) groups excluding carboxylic acids is 1. The summed E-state index contributed by atoms with van der Waals surface area (Å²) in [6.45, 7) is 3.83. The maximum atomic E-state index is 13.3. The van der Waals surface area contributed by atoms with Crippen molar-refractivity contribution in [3.8, 4) is 23.1 Å². The van der Waals surface area contributed by atoms with E-state index in [1.165, 1.54) is 34.4 Å². The molecule has 162 valence electrons. The molecule has 0 saturated heterocycles. The Morgan fingerprint density at radius 1 is 1.15 bits per heavy atom. The third kappa shape index (κ3) is 5.14. The number of nitriles is 1. The number of nitrogens with zero attached hydrogens (tertiary/aromatic N) is 3. The minimum atomic E-state index is -0.316. The van der Waals surface area contributed by atoms with E-state index in [0.29, 0.717) is 27.8 Å². The van der Waals surface area contributed by atoms with Gasteiger partial charge < -0.3 is 4.74 Å². The standard InChI is InChI=1S/C26H18FN3O2S/c1-2-25(31)30(26-29-24(17-33-26)20-8-6-18(15-28)7-9-20)22-10-12-23(13-11-22)32-16-19-4-3-5-21(27)14-19/h2-14,17H,1,16H2. The van der Waals surface area contributed by atoms with E-state index in [2.05, 4.69) is 17.6 Å². The van der Waals surface area contributed by atoms with Crippen LogP contribution in [-0.2, 0) is 11.4 Å². The highest BCUT2D eigenvalue weighted by atomic mass is 32.1. The van der Waals surface area contributed by atoms with Crippen molar-refractivity contribution >= 4 is 28.1 Å². The van der Waals surface area contributed by atoms with Crippen molar-refractivity contribution in [3.05, 3.63) is 108 Å². The Kier molecular flexibility index (Phi) is 6.58. The molecule has 0 aliphatic carbocycles. The molecule has 0 saturated carbocycles. The SMILES string of the molecule is C=CC(=O)N(c1ccc(OCc2cccc(F)c2)cc1)c1nc(-c2ccc(C#N)cc2)cs1. The fourth-order valence-corrected chi connectivity index (χ4v) is 3.98. The van der Waals surface area contributed by atoms with Crippen LogP contribution in [-0.4, -0.2) is 10.9 Å². The predicted molar refractivity (Wildman–Crippen MR) is 127 cm³/mol. The van der Waals surface area contributed by atoms with Gasteiger partial charge in [-0.1, -0.05) is 30.8 Å². The summed E-state index contributed by atoms with van der Waals surface area (Å²) in [5, 5.41) is 11.3. The third-order valence-corrected chi connectivity index (χ3v) is 5.60. The molecule has 1 heterocycles. The number of thiazole rings is 1. The molecule has 4 rings (SSSR count). The maximum absolute atomic E-state index is 13.3. The molecule has 0 atom stereocenters. The fourth-order valence-electron chi connectivity index (χ4n) is 3.12. The molecule has 0 aliphatic rings. The van der Waals surface area contributed by atoms with E-state index >= 15 is 0 Å². The Labute approximate surface area is 194 Å². The monoisotopic (exact) mass is 455 g/mol. The van der Waals surface area contributed by atoms with Crippen molar-refractivity contribution in [1.29, 1.82) is 5.26 Å². The summed E-state index contributed by atoms with van der Waals surface area (Å²) in [7, 11) is 0. The molecule has 33 heavy (non-hydrogen) atoms. The van der Waals surface area contributed by atoms with Crippen molar-refractivity contribution in [2.24, 2.45) is 0 Å². The van der Waals surface area contributed by atoms with Crippen molar-refractivity contribution in [1.82, 2.24) is 4.98 Å². The molecule has 0 aliphatic heterocycles. The van der Waals surface area contributed by atoms with Crippen LogP contribution in [0.25, 0.3) is 11.3 Å². The van der Waals surface area contributed by atoms with Crippen LogP contribution in [0.1, 0.15) is 11.1 Å². The zero-order valence-electron chi connectivity index (χ0n) is 17.4. The second-order valence-electron chi connectivity index (χ2n) is 6.99. The topological polar surface area (TPSA) is 66.2 Å². The smallest absolute Gasteiger partial charge is 0.256 e. The quantitative estimate of drug-likeness (QED) is 0.309. The highest BCUT2D eigenvalue weighted by molar-refractivity contribution is 7.14. The number of carbonyl (C=O) groups is 1. The van der Waals surface area contributed by atoms with Crippen LogP contribution in [0.15, 0.2) is 90.8 Å². The number of hydrogen-bond acceptors (Lipinski definition) is 5. The fraction of sp³-hybridized carbons (Fsp3) is 0.0385. The van der Waals surface area contributed by atoms with E-state index in [9.17, 15) is 9.18 Å². The molecule has 0 spiro atoms. The first-order chi connectivity index (χ1) is 16.1. The summed E-state index contributed by atoms with van der Waals surface area (Å²) in [5.41, 5.74) is 3.46. The van der Waals surface area contributed by atoms with E-state index in [4.69, 9.17) is 10.00 Å². The van der Waals surface area contributed by atoms with E-state index in [1.54, 1.807) is 48.5 Å². The molecule has 0 N–H and O–H groups in total. The molecule has 4 aromatic rings. The molecule has 0 bridgehead atoms. The molecular weight excluding hydrogens is 437 g/mol. The van der Waals surface area contributed by atoms with Gasteiger partial charge in [-0.2, -0.15) is 5.26 Å². The highest BCUT2D eigenvalue weighted by Gasteiger charge is 2.19. The first-order valence-corrected chi connectivity index (χ1v) is 10.9. The van der Waals surface area contributed by atoms with Gasteiger partial charge in [-0.15, -0.1) is 11.3 Å². The molecule has 1 aromatic heterocycles. The summed E-state index contributed by atoms with van der Waals surface area (Å²) >= 11 is 1.33. The van der Waals surface area contributed by atoms with Crippen LogP contribution in [0.4, 0.5) is 15.2 Å². The van der Waals surface area contributed by atoms with Crippen LogP contribution in [0.2, 0.25) is 0 Å². The number of rotatable bonds is 7. The summed E-state index contributed by atoms with van der Waals surface area (Å²) in [6.07, 6.45) is 1.23. The van der Waals surface area contributed by atoms with Gasteiger partial charge in [-0.05, 0) is 60.2 Å². The molecule has 1 amide bonds. The molecule has 7 heteroatoms. The van der Waals surface area contributed by atoms with E-state index in [-0.39, 0.29) is 18.3 Å². The average molecular weight is 456 g/mol. The lowest BCUT2D eigenvalue weighted by molar-refractivity contribution is -0.113. The molecular formula is C26H18FN3O2S. The van der Waals surface area contributed by atoms with Crippen molar-refractivity contribution in [2.75, 3.05) is 4.90 Å². The van der Waals surface area contributed by atoms with Crippen LogP contribution >= 0.6 is 11.3 Å². The number of aromatic nitrogens is 1. The summed E-state index contributed by atoms with van der Waals surface area (Å²) < 4.78 is 19.1. The Hall–Kier alpha value is -4.28. The third-order valence-electron chi connectivity index (χ3n) is 4.78. The summed E-state index contributed by atoms with van der Waals surface area (Å²) in [5.74, 6) is -0.0376. The first kappa shape index (κ1) is 21.9. The molecule has 0 unspecified atom stereocenters. The van der Waals surface area contributed by atoms with Gasteiger partial charge in [0.1, 0.15) is 18.2 Å². The van der Waals surface area contributed by atoms with Crippen molar-refractivity contribution < 1.29 is 13.9 Å². The maximum Gasteiger partial charge on any atom is 0.256 e. The summed E-state index contributed by atoms with van der Waals surface area (Å²) in [6, 6.07) is 22.4. The average Bonchev–Trinajstić information content (AvgIpc) is 3.33. The minimum absolute atomic E-state index is 0.229. The number of amides is 1. The van der Waals surface area contributed by atoms with E-state index in [1.807, 2.05) is 17.5 Å².